The second kappa shape index (κ2) is 22.2. The third-order valence-electron chi connectivity index (χ3n) is 11.5. The Balaban J connectivity index is 1.19. The van der Waals surface area contributed by atoms with Gasteiger partial charge in [-0.15, -0.1) is 0 Å². The summed E-state index contributed by atoms with van der Waals surface area (Å²) in [6, 6.07) is 18.6. The fraction of sp³-hybridized carbons (Fsp3) is 0.340. The Labute approximate surface area is 411 Å². The largest absolute Gasteiger partial charge is 0.472 e. The number of hydrogen-bond donors (Lipinski definition) is 1. The number of carbonyl (C=O) groups is 4. The fourth-order valence-electron chi connectivity index (χ4n) is 8.45. The maximum Gasteiger partial charge on any atom is 0.472 e. The minimum Gasteiger partial charge on any atom is -0.456 e. The highest BCUT2D eigenvalue weighted by Crippen LogP contribution is 2.58. The number of nitriles is 1. The number of esters is 1. The molecule has 378 valence electrons. The molecule has 0 aliphatic carbocycles. The predicted molar refractivity (Wildman–Crippen MR) is 252 cm³/mol. The van der Waals surface area contributed by atoms with Crippen LogP contribution in [0.4, 0.5) is 49.1 Å². The van der Waals surface area contributed by atoms with Gasteiger partial charge in [0, 0.05) is 65.4 Å². The minimum absolute atomic E-state index is 0.0155. The molecule has 1 spiro atoms. The van der Waals surface area contributed by atoms with Crippen LogP contribution in [0.5, 0.6) is 11.5 Å². The number of nitrogens with one attached hydrogen (secondary N) is 1. The van der Waals surface area contributed by atoms with Crippen LogP contribution in [0.1, 0.15) is 97.2 Å². The Bertz CT molecular complexity index is 2700. The van der Waals surface area contributed by atoms with Gasteiger partial charge in [0.15, 0.2) is 5.60 Å². The van der Waals surface area contributed by atoms with Gasteiger partial charge in [0.05, 0.1) is 66.4 Å². The molecule has 0 saturated carbocycles. The summed E-state index contributed by atoms with van der Waals surface area (Å²) >= 11 is 0. The van der Waals surface area contributed by atoms with E-state index in [0.29, 0.717) is 22.8 Å². The summed E-state index contributed by atoms with van der Waals surface area (Å²) in [6.07, 6.45) is -3.07. The summed E-state index contributed by atoms with van der Waals surface area (Å²) in [6.45, 7) is 9.17. The number of nitrogens with zero attached hydrogens (tertiary/aromatic N) is 6. The number of amides is 3. The zero-order valence-electron chi connectivity index (χ0n) is 39.3. The van der Waals surface area contributed by atoms with Crippen LogP contribution in [0.2, 0.25) is 0 Å². The van der Waals surface area contributed by atoms with E-state index >= 15 is 0 Å². The molecule has 5 aromatic rings. The third-order valence-corrected chi connectivity index (χ3v) is 13.6. The van der Waals surface area contributed by atoms with Crippen molar-refractivity contribution in [2.45, 2.75) is 89.8 Å². The first-order valence-electron chi connectivity index (χ1n) is 22.7. The summed E-state index contributed by atoms with van der Waals surface area (Å²) in [5.41, 5.74) is -3.19. The highest BCUT2D eigenvalue weighted by atomic mass is 31.2. The first-order chi connectivity index (χ1) is 34.3. The van der Waals surface area contributed by atoms with Gasteiger partial charge in [-0.05, 0) is 107 Å². The van der Waals surface area contributed by atoms with Crippen molar-refractivity contribution in [2.75, 3.05) is 29.6 Å². The summed E-state index contributed by atoms with van der Waals surface area (Å²) in [5, 5.41) is 11.9. The molecule has 4 heterocycles. The minimum atomic E-state index is -5.38. The van der Waals surface area contributed by atoms with Gasteiger partial charge >= 0.3 is 30.1 Å². The second-order valence-electron chi connectivity index (χ2n) is 17.0. The standard InChI is InChI=1S/C50H48F6N7O8P/c1-31(2)63(32(3)4)72(69-25-11-20-57)68-24-8-6-5-7-23-60-44(64)33-14-17-38-41(26-33)48(71-45(38)65)39-18-15-34(61(46(66)49(51,52)53)36-12-9-21-58-29-36)27-42(39)70-43-28-35(16-19-40(43)48)62(47(67)50(54,55)56)37-13-10-22-59-30-37/h9-10,12-19,21-22,26-32H,5-8,11,23-25H2,1-4H3,(H,60,64). The van der Waals surface area contributed by atoms with Gasteiger partial charge < -0.3 is 23.8 Å². The Kier molecular flexibility index (Phi) is 16.3. The number of alkyl halides is 6. The van der Waals surface area contributed by atoms with Crippen molar-refractivity contribution in [3.05, 3.63) is 131 Å². The van der Waals surface area contributed by atoms with Gasteiger partial charge in [-0.1, -0.05) is 12.8 Å². The number of ether oxygens (including phenoxy) is 2. The number of fused-ring (bicyclic) bond motifs is 6. The number of hydrogen-bond acceptors (Lipinski definition) is 12. The number of halogens is 6. The SMILES string of the molecule is CC(C)N(C(C)C)P(OCCC#N)OCCCCCCNC(=O)c1ccc2c(c1)C1(OC2=O)c2ccc(N(C(=O)C(F)(F)F)c3cccnc3)cc2Oc2cc(N(C(=O)C(F)(F)F)c3cccnc3)ccc21. The number of pyridine rings is 2. The third kappa shape index (κ3) is 11.2. The van der Waals surface area contributed by atoms with Crippen molar-refractivity contribution in [3.8, 4) is 17.6 Å². The van der Waals surface area contributed by atoms with E-state index in [1.807, 2.05) is 0 Å². The highest BCUT2D eigenvalue weighted by Gasteiger charge is 2.55. The van der Waals surface area contributed by atoms with Crippen LogP contribution in [0.15, 0.2) is 104 Å². The zero-order chi connectivity index (χ0) is 52.0. The average Bonchev–Trinajstić information content (AvgIpc) is 3.63. The normalized spacial score (nSPS) is 14.0. The molecular formula is C50H48F6N7O8P. The van der Waals surface area contributed by atoms with Crippen LogP contribution in [-0.2, 0) is 29.0 Å². The molecule has 1 atom stereocenters. The molecule has 0 saturated heterocycles. The monoisotopic (exact) mass is 1020 g/mol. The van der Waals surface area contributed by atoms with E-state index in [1.165, 1.54) is 67.0 Å². The number of anilines is 4. The van der Waals surface area contributed by atoms with E-state index in [4.69, 9.17) is 23.8 Å². The van der Waals surface area contributed by atoms with Crippen molar-refractivity contribution in [1.29, 1.82) is 5.26 Å². The zero-order valence-corrected chi connectivity index (χ0v) is 40.2. The Morgan fingerprint density at radius 2 is 1.26 bits per heavy atom. The van der Waals surface area contributed by atoms with Gasteiger partial charge in [0.2, 0.25) is 0 Å². The summed E-state index contributed by atoms with van der Waals surface area (Å²) in [5.74, 6) is -6.59. The molecule has 15 nitrogen and oxygen atoms in total. The molecule has 72 heavy (non-hydrogen) atoms. The van der Waals surface area contributed by atoms with Crippen molar-refractivity contribution in [2.24, 2.45) is 0 Å². The van der Waals surface area contributed by atoms with E-state index < -0.39 is 50.2 Å². The molecule has 2 aliphatic heterocycles. The Hall–Kier alpha value is -6.98. The molecule has 22 heteroatoms. The molecular weight excluding hydrogens is 972 g/mol. The quantitative estimate of drug-likeness (QED) is 0.0359. The first kappa shape index (κ1) is 52.8. The highest BCUT2D eigenvalue weighted by molar-refractivity contribution is 7.44. The van der Waals surface area contributed by atoms with Crippen LogP contribution < -0.4 is 19.9 Å². The molecule has 0 radical (unpaired) electrons. The lowest BCUT2D eigenvalue weighted by molar-refractivity contribution is -0.169. The molecule has 0 bridgehead atoms. The van der Waals surface area contributed by atoms with Gasteiger partial charge in [0.1, 0.15) is 11.5 Å². The van der Waals surface area contributed by atoms with Crippen LogP contribution in [0.3, 0.4) is 0 Å². The smallest absolute Gasteiger partial charge is 0.456 e. The van der Waals surface area contributed by atoms with Gasteiger partial charge in [0.25, 0.3) is 14.4 Å². The molecule has 3 aromatic carbocycles. The molecule has 1 N–H and O–H groups in total. The maximum atomic E-state index is 14.2. The van der Waals surface area contributed by atoms with Gasteiger partial charge in [-0.25, -0.2) is 9.46 Å². The molecule has 3 amide bonds. The van der Waals surface area contributed by atoms with Crippen LogP contribution in [0, 0.1) is 11.3 Å². The van der Waals surface area contributed by atoms with Crippen molar-refractivity contribution in [1.82, 2.24) is 20.0 Å². The topological polar surface area (TPSA) is 177 Å². The summed E-state index contributed by atoms with van der Waals surface area (Å²) in [4.78, 5) is 62.2. The number of benzene rings is 3. The Morgan fingerprint density at radius 3 is 1.76 bits per heavy atom. The lowest BCUT2D eigenvalue weighted by Crippen LogP contribution is -2.39. The van der Waals surface area contributed by atoms with Gasteiger partial charge in [-0.3, -0.25) is 34.2 Å². The molecule has 0 fully saturated rings. The van der Waals surface area contributed by atoms with Crippen molar-refractivity contribution in [3.63, 3.8) is 0 Å². The second-order valence-corrected chi connectivity index (χ2v) is 18.5. The number of carbonyl (C=O) groups excluding carboxylic acids is 4. The summed E-state index contributed by atoms with van der Waals surface area (Å²) < 4.78 is 112. The molecule has 2 aliphatic rings. The lowest BCUT2D eigenvalue weighted by atomic mass is 9.77. The van der Waals surface area contributed by atoms with Crippen LogP contribution >= 0.6 is 8.53 Å². The summed E-state index contributed by atoms with van der Waals surface area (Å²) in [7, 11) is -1.38. The van der Waals surface area contributed by atoms with Crippen LogP contribution in [-0.4, -0.2) is 82.5 Å². The first-order valence-corrected chi connectivity index (χ1v) is 23.9. The maximum absolute atomic E-state index is 14.2. The van der Waals surface area contributed by atoms with E-state index in [1.54, 1.807) is 0 Å². The molecule has 2 aromatic heterocycles. The number of unbranched alkanes of at least 4 members (excludes halogenated alkanes) is 3. The fourth-order valence-corrected chi connectivity index (χ4v) is 10.1. The molecule has 7 rings (SSSR count). The molecule has 1 unspecified atom stereocenters. The van der Waals surface area contributed by atoms with Crippen molar-refractivity contribution >= 4 is 55.0 Å². The van der Waals surface area contributed by atoms with E-state index in [-0.39, 0.29) is 93.7 Å². The average molecular weight is 1020 g/mol. The number of rotatable bonds is 19. The van der Waals surface area contributed by atoms with Crippen molar-refractivity contribution < 1.29 is 64.0 Å². The van der Waals surface area contributed by atoms with E-state index in [0.717, 1.165) is 55.9 Å². The van der Waals surface area contributed by atoms with E-state index in [9.17, 15) is 45.5 Å². The number of aromatic nitrogens is 2. The predicted octanol–water partition coefficient (Wildman–Crippen LogP) is 11.1. The van der Waals surface area contributed by atoms with Crippen LogP contribution in [0.25, 0.3) is 0 Å². The van der Waals surface area contributed by atoms with Gasteiger partial charge in [-0.2, -0.15) is 31.6 Å². The Morgan fingerprint density at radius 1 is 0.722 bits per heavy atom. The van der Waals surface area contributed by atoms with E-state index in [2.05, 4.69) is 53.7 Å². The lowest BCUT2D eigenvalue weighted by Gasteiger charge is -2.38.